The first-order valence-corrected chi connectivity index (χ1v) is 15.5. The summed E-state index contributed by atoms with van der Waals surface area (Å²) >= 11 is 0. The van der Waals surface area contributed by atoms with Gasteiger partial charge in [-0.2, -0.15) is 13.2 Å². The fourth-order valence-electron chi connectivity index (χ4n) is 4.82. The van der Waals surface area contributed by atoms with E-state index in [0.717, 1.165) is 17.7 Å². The molecule has 2 aromatic carbocycles. The average Bonchev–Trinajstić information content (AvgIpc) is 2.81. The summed E-state index contributed by atoms with van der Waals surface area (Å²) < 4.78 is 112. The molecule has 1 atom stereocenters. The fraction of sp³-hybridized carbons (Fsp3) is 0.346. The average molecular weight is 603 g/mol. The molecule has 0 amide bonds. The molecule has 0 aromatic heterocycles. The summed E-state index contributed by atoms with van der Waals surface area (Å²) in [6.07, 6.45) is -5.11. The van der Waals surface area contributed by atoms with Crippen LogP contribution in [0.2, 0.25) is 0 Å². The molecule has 0 saturated heterocycles. The van der Waals surface area contributed by atoms with Crippen LogP contribution in [0.5, 0.6) is 0 Å². The zero-order chi connectivity index (χ0) is 29.5. The first kappa shape index (κ1) is 29.7. The van der Waals surface area contributed by atoms with Gasteiger partial charge in [0, 0.05) is 30.0 Å². The molecular weight excluding hydrogens is 576 g/mol. The van der Waals surface area contributed by atoms with Crippen molar-refractivity contribution in [3.8, 4) is 0 Å². The number of ether oxygens (including phenoxy) is 1. The van der Waals surface area contributed by atoms with E-state index >= 15 is 4.39 Å². The molecule has 1 unspecified atom stereocenters. The Morgan fingerprint density at radius 2 is 1.75 bits per heavy atom. The molecule has 2 aromatic rings. The first-order valence-electron chi connectivity index (χ1n) is 12.0. The van der Waals surface area contributed by atoms with Crippen LogP contribution in [0.25, 0.3) is 0 Å². The number of sulfone groups is 2. The van der Waals surface area contributed by atoms with Crippen molar-refractivity contribution in [2.75, 3.05) is 31.0 Å². The van der Waals surface area contributed by atoms with Crippen molar-refractivity contribution in [2.45, 2.75) is 25.6 Å². The van der Waals surface area contributed by atoms with E-state index in [1.165, 1.54) is 6.92 Å². The molecule has 4 rings (SSSR count). The predicted octanol–water partition coefficient (Wildman–Crippen LogP) is 3.49. The molecule has 1 N–H and O–H groups in total. The summed E-state index contributed by atoms with van der Waals surface area (Å²) in [4.78, 5) is 14.5. The van der Waals surface area contributed by atoms with E-state index in [1.54, 1.807) is 7.05 Å². The van der Waals surface area contributed by atoms with Gasteiger partial charge >= 0.3 is 12.1 Å². The lowest BCUT2D eigenvalue weighted by atomic mass is 9.85. The largest absolute Gasteiger partial charge is 0.461 e. The van der Waals surface area contributed by atoms with Gasteiger partial charge < -0.3 is 10.1 Å². The smallest absolute Gasteiger partial charge is 0.419 e. The van der Waals surface area contributed by atoms with Crippen LogP contribution in [-0.2, 0) is 41.9 Å². The van der Waals surface area contributed by atoms with E-state index in [9.17, 15) is 34.8 Å². The number of allylic oxidation sites excluding steroid dienone is 2. The summed E-state index contributed by atoms with van der Waals surface area (Å²) in [5.74, 6) is -5.47. The number of rotatable bonds is 7. The Hall–Kier alpha value is -3.23. The van der Waals surface area contributed by atoms with E-state index in [4.69, 9.17) is 4.74 Å². The second kappa shape index (κ2) is 11.0. The van der Waals surface area contributed by atoms with Gasteiger partial charge in [-0.3, -0.25) is 4.90 Å². The molecule has 2 heterocycles. The summed E-state index contributed by atoms with van der Waals surface area (Å²) in [5.41, 5.74) is -2.22. The Morgan fingerprint density at radius 3 is 2.40 bits per heavy atom. The number of hydrogen-bond donors (Lipinski definition) is 1. The molecule has 0 bridgehead atoms. The van der Waals surface area contributed by atoms with Crippen molar-refractivity contribution in [1.82, 2.24) is 10.2 Å². The quantitative estimate of drug-likeness (QED) is 0.379. The Labute approximate surface area is 229 Å². The molecule has 0 radical (unpaired) electrons. The van der Waals surface area contributed by atoms with E-state index < -0.39 is 76.0 Å². The van der Waals surface area contributed by atoms with Crippen molar-refractivity contribution in [3.05, 3.63) is 92.9 Å². The molecule has 0 spiro atoms. The Morgan fingerprint density at radius 1 is 1.07 bits per heavy atom. The van der Waals surface area contributed by atoms with Crippen LogP contribution in [0.15, 0.2) is 70.4 Å². The number of nitrogens with zero attached hydrogens (tertiary/aromatic N) is 1. The minimum absolute atomic E-state index is 0.0597. The topological polar surface area (TPSA) is 110 Å². The van der Waals surface area contributed by atoms with Gasteiger partial charge in [0.2, 0.25) is 0 Å². The zero-order valence-corrected chi connectivity index (χ0v) is 23.1. The highest BCUT2D eigenvalue weighted by Gasteiger charge is 2.48. The Bertz CT molecular complexity index is 1600. The number of dihydropyridines is 1. The second-order valence-electron chi connectivity index (χ2n) is 9.63. The van der Waals surface area contributed by atoms with Gasteiger partial charge in [-0.15, -0.1) is 0 Å². The number of alkyl halides is 3. The molecule has 8 nitrogen and oxygen atoms in total. The van der Waals surface area contributed by atoms with Crippen molar-refractivity contribution < 1.29 is 43.9 Å². The molecule has 2 aliphatic heterocycles. The summed E-state index contributed by atoms with van der Waals surface area (Å²) in [5, 5.41) is 1.27. The maximum Gasteiger partial charge on any atom is 0.419 e. The van der Waals surface area contributed by atoms with Crippen LogP contribution in [0.3, 0.4) is 0 Å². The molecule has 0 fully saturated rings. The molecular formula is C26H26F4N2O6S2. The summed E-state index contributed by atoms with van der Waals surface area (Å²) in [6.45, 7) is 1.94. The van der Waals surface area contributed by atoms with Crippen LogP contribution in [0, 0.1) is 5.82 Å². The number of hydrogen-bond acceptors (Lipinski definition) is 8. The third-order valence-corrected chi connectivity index (χ3v) is 11.0. The number of carbonyl (C=O) groups excluding carboxylic acids is 1. The third kappa shape index (κ3) is 6.23. The molecule has 14 heteroatoms. The van der Waals surface area contributed by atoms with Gasteiger partial charge in [0.1, 0.15) is 12.4 Å². The number of esters is 1. The van der Waals surface area contributed by atoms with Gasteiger partial charge in [0.05, 0.1) is 27.7 Å². The highest BCUT2D eigenvalue weighted by molar-refractivity contribution is 8.10. The minimum atomic E-state index is -5.11. The van der Waals surface area contributed by atoms with Gasteiger partial charge in [0.15, 0.2) is 24.8 Å². The van der Waals surface area contributed by atoms with Crippen LogP contribution in [0.4, 0.5) is 17.6 Å². The maximum absolute atomic E-state index is 15.4. The Balaban J connectivity index is 1.71. The van der Waals surface area contributed by atoms with Crippen LogP contribution < -0.4 is 5.32 Å². The molecule has 216 valence electrons. The highest BCUT2D eigenvalue weighted by Crippen LogP contribution is 2.46. The van der Waals surface area contributed by atoms with E-state index in [-0.39, 0.29) is 24.5 Å². The standard InChI is InChI=1S/C26H26F4N2O6S2/c1-16-21(25(33)38-12-11-32(2)13-17-7-4-3-5-8-17)22(18-9-6-10-19(23(18)27)26(28,29)30)24-20(31-16)14-39(34,35)15-40(24,36)37/h3-10,22,31H,11-15H2,1-2H3. The van der Waals surface area contributed by atoms with Gasteiger partial charge in [0.25, 0.3) is 0 Å². The van der Waals surface area contributed by atoms with E-state index in [0.29, 0.717) is 12.6 Å². The normalized spacial score (nSPS) is 20.2. The van der Waals surface area contributed by atoms with Crippen molar-refractivity contribution in [3.63, 3.8) is 0 Å². The number of likely N-dealkylation sites (N-methyl/N-ethyl adjacent to an activating group) is 1. The van der Waals surface area contributed by atoms with Crippen molar-refractivity contribution in [2.24, 2.45) is 0 Å². The third-order valence-electron chi connectivity index (χ3n) is 6.49. The fourth-order valence-corrected chi connectivity index (χ4v) is 9.41. The molecule has 40 heavy (non-hydrogen) atoms. The zero-order valence-electron chi connectivity index (χ0n) is 21.5. The first-order chi connectivity index (χ1) is 18.6. The predicted molar refractivity (Wildman–Crippen MR) is 138 cm³/mol. The number of halogens is 4. The second-order valence-corrected chi connectivity index (χ2v) is 14.0. The van der Waals surface area contributed by atoms with Gasteiger partial charge in [-0.1, -0.05) is 42.5 Å². The van der Waals surface area contributed by atoms with E-state index in [2.05, 4.69) is 5.32 Å². The number of carbonyl (C=O) groups is 1. The van der Waals surface area contributed by atoms with Crippen LogP contribution >= 0.6 is 0 Å². The SMILES string of the molecule is CC1=C(C(=O)OCCN(C)Cc2ccccc2)C(c2cccc(C(F)(F)F)c2F)C2=C(CS(=O)(=O)CS2(=O)=O)N1. The molecule has 0 saturated carbocycles. The van der Waals surface area contributed by atoms with Crippen molar-refractivity contribution in [1.29, 1.82) is 0 Å². The minimum Gasteiger partial charge on any atom is -0.461 e. The Kier molecular flexibility index (Phi) is 8.16. The number of benzene rings is 2. The number of nitrogens with one attached hydrogen (secondary N) is 1. The van der Waals surface area contributed by atoms with Gasteiger partial charge in [-0.05, 0) is 25.6 Å². The van der Waals surface area contributed by atoms with Crippen molar-refractivity contribution >= 4 is 25.6 Å². The van der Waals surface area contributed by atoms with Crippen LogP contribution in [0.1, 0.15) is 29.5 Å². The maximum atomic E-state index is 15.4. The molecule has 0 aliphatic carbocycles. The van der Waals surface area contributed by atoms with E-state index in [1.807, 2.05) is 35.2 Å². The lowest BCUT2D eigenvalue weighted by Gasteiger charge is -2.34. The van der Waals surface area contributed by atoms with Gasteiger partial charge in [-0.25, -0.2) is 26.0 Å². The highest BCUT2D eigenvalue weighted by atomic mass is 32.3. The summed E-state index contributed by atoms with van der Waals surface area (Å²) in [6, 6.07) is 11.8. The van der Waals surface area contributed by atoms with Crippen LogP contribution in [-0.4, -0.2) is 58.7 Å². The lowest BCUT2D eigenvalue weighted by Crippen LogP contribution is -2.41. The lowest BCUT2D eigenvalue weighted by molar-refractivity contribution is -0.140. The summed E-state index contributed by atoms with van der Waals surface area (Å²) in [7, 11) is -7.05. The molecule has 2 aliphatic rings. The monoisotopic (exact) mass is 602 g/mol.